The van der Waals surface area contributed by atoms with Crippen LogP contribution in [0.15, 0.2) is 54.6 Å². The first-order valence-electron chi connectivity index (χ1n) is 14.7. The van der Waals surface area contributed by atoms with E-state index in [0.29, 0.717) is 34.0 Å². The Morgan fingerprint density at radius 2 is 1.90 bits per heavy atom. The van der Waals surface area contributed by atoms with Gasteiger partial charge in [-0.25, -0.2) is 0 Å². The molecule has 0 aromatic heterocycles. The van der Waals surface area contributed by atoms with E-state index in [2.05, 4.69) is 24.5 Å². The molecular formula is C32H34ClN3O6. The number of hydrogen-bond donors (Lipinski definition) is 2. The van der Waals surface area contributed by atoms with Crippen LogP contribution in [0.3, 0.4) is 0 Å². The van der Waals surface area contributed by atoms with Gasteiger partial charge in [0.15, 0.2) is 11.5 Å². The molecular weight excluding hydrogens is 558 g/mol. The molecule has 2 aromatic rings. The SMILES string of the molecule is C[C@H]1[C@H](C)CCC[C@@H]1NC(=O)[C@@H]1N(Cc2ccc3c(c2)OCO3)C(=O)[C@@H]2[C@@H](C(=O)Nc3cccc(Cl)c3)[C@@H]3C=C[C@]21O3. The normalized spacial score (nSPS) is 34.0. The number of nitrogens with one attached hydrogen (secondary N) is 2. The third kappa shape index (κ3) is 4.36. The van der Waals surface area contributed by atoms with Crippen LogP contribution in [0.1, 0.15) is 38.7 Å². The third-order valence-corrected chi connectivity index (χ3v) is 10.1. The van der Waals surface area contributed by atoms with Gasteiger partial charge in [-0.15, -0.1) is 0 Å². The summed E-state index contributed by atoms with van der Waals surface area (Å²) in [5.74, 6) is -0.490. The van der Waals surface area contributed by atoms with Gasteiger partial charge in [0.25, 0.3) is 0 Å². The van der Waals surface area contributed by atoms with Crippen LogP contribution >= 0.6 is 11.6 Å². The number of likely N-dealkylation sites (tertiary alicyclic amines) is 1. The van der Waals surface area contributed by atoms with Gasteiger partial charge in [0.05, 0.1) is 17.9 Å². The number of carbonyl (C=O) groups excluding carboxylic acids is 3. The Morgan fingerprint density at radius 3 is 2.74 bits per heavy atom. The van der Waals surface area contributed by atoms with Crippen molar-refractivity contribution < 1.29 is 28.6 Å². The van der Waals surface area contributed by atoms with Gasteiger partial charge < -0.3 is 29.7 Å². The Balaban J connectivity index is 1.22. The number of fused-ring (bicyclic) bond motifs is 2. The zero-order valence-corrected chi connectivity index (χ0v) is 24.3. The predicted octanol–water partition coefficient (Wildman–Crippen LogP) is 4.30. The van der Waals surface area contributed by atoms with Gasteiger partial charge in [0, 0.05) is 23.3 Å². The summed E-state index contributed by atoms with van der Waals surface area (Å²) in [5.41, 5.74) is 0.0766. The van der Waals surface area contributed by atoms with E-state index >= 15 is 0 Å². The van der Waals surface area contributed by atoms with Crippen molar-refractivity contribution >= 4 is 35.0 Å². The summed E-state index contributed by atoms with van der Waals surface area (Å²) in [5, 5.41) is 6.70. The minimum atomic E-state index is -1.25. The van der Waals surface area contributed by atoms with Crippen LogP contribution in [-0.2, 0) is 25.7 Å². The Hall–Kier alpha value is -3.56. The van der Waals surface area contributed by atoms with E-state index in [0.717, 1.165) is 24.8 Å². The van der Waals surface area contributed by atoms with Crippen molar-refractivity contribution in [2.24, 2.45) is 23.7 Å². The molecule has 9 nitrogen and oxygen atoms in total. The molecule has 3 amide bonds. The number of amides is 3. The van der Waals surface area contributed by atoms with Crippen molar-refractivity contribution in [3.63, 3.8) is 0 Å². The van der Waals surface area contributed by atoms with Crippen LogP contribution in [-0.4, -0.2) is 53.2 Å². The van der Waals surface area contributed by atoms with Gasteiger partial charge in [-0.2, -0.15) is 0 Å². The van der Waals surface area contributed by atoms with Crippen LogP contribution in [0.5, 0.6) is 11.5 Å². The molecule has 0 radical (unpaired) electrons. The van der Waals surface area contributed by atoms with Crippen molar-refractivity contribution in [3.05, 3.63) is 65.2 Å². The molecule has 220 valence electrons. The second-order valence-corrected chi connectivity index (χ2v) is 12.7. The molecule has 10 heteroatoms. The molecule has 8 atom stereocenters. The highest BCUT2D eigenvalue weighted by Gasteiger charge is 2.72. The largest absolute Gasteiger partial charge is 0.454 e. The molecule has 42 heavy (non-hydrogen) atoms. The fraction of sp³-hybridized carbons (Fsp3) is 0.469. The van der Waals surface area contributed by atoms with Gasteiger partial charge in [-0.3, -0.25) is 14.4 Å². The smallest absolute Gasteiger partial charge is 0.246 e. The molecule has 3 fully saturated rings. The van der Waals surface area contributed by atoms with E-state index in [-0.39, 0.29) is 37.1 Å². The highest BCUT2D eigenvalue weighted by molar-refractivity contribution is 6.30. The van der Waals surface area contributed by atoms with Crippen LogP contribution in [0, 0.1) is 23.7 Å². The average molecular weight is 592 g/mol. The predicted molar refractivity (Wildman–Crippen MR) is 155 cm³/mol. The fourth-order valence-electron chi connectivity index (χ4n) is 7.51. The third-order valence-electron chi connectivity index (χ3n) is 9.84. The van der Waals surface area contributed by atoms with Gasteiger partial charge >= 0.3 is 0 Å². The summed E-state index contributed by atoms with van der Waals surface area (Å²) in [6.45, 7) is 4.69. The number of hydrogen-bond acceptors (Lipinski definition) is 6. The number of halogens is 1. The number of carbonyl (C=O) groups is 3. The summed E-state index contributed by atoms with van der Waals surface area (Å²) >= 11 is 6.14. The molecule has 2 bridgehead atoms. The molecule has 1 aliphatic carbocycles. The summed E-state index contributed by atoms with van der Waals surface area (Å²) in [6.07, 6.45) is 6.10. The molecule has 7 rings (SSSR count). The maximum absolute atomic E-state index is 14.3. The van der Waals surface area contributed by atoms with Crippen molar-refractivity contribution in [1.29, 1.82) is 0 Å². The zero-order chi connectivity index (χ0) is 29.2. The number of nitrogens with zero attached hydrogens (tertiary/aromatic N) is 1. The topological polar surface area (TPSA) is 106 Å². The molecule has 1 saturated carbocycles. The molecule has 2 N–H and O–H groups in total. The maximum atomic E-state index is 14.3. The molecule has 0 unspecified atom stereocenters. The second kappa shape index (κ2) is 10.3. The highest BCUT2D eigenvalue weighted by Crippen LogP contribution is 2.55. The van der Waals surface area contributed by atoms with Crippen molar-refractivity contribution in [2.45, 2.75) is 63.4 Å². The summed E-state index contributed by atoms with van der Waals surface area (Å²) in [6, 6.07) is 11.4. The highest BCUT2D eigenvalue weighted by atomic mass is 35.5. The lowest BCUT2D eigenvalue weighted by atomic mass is 9.73. The van der Waals surface area contributed by atoms with Crippen molar-refractivity contribution in [2.75, 3.05) is 12.1 Å². The van der Waals surface area contributed by atoms with Crippen LogP contribution in [0.4, 0.5) is 5.69 Å². The first kappa shape index (κ1) is 27.3. The number of rotatable bonds is 6. The molecule has 1 spiro atoms. The van der Waals surface area contributed by atoms with E-state index in [9.17, 15) is 14.4 Å². The Labute approximate surface area is 249 Å². The summed E-state index contributed by atoms with van der Waals surface area (Å²) < 4.78 is 17.5. The minimum absolute atomic E-state index is 0.00343. The maximum Gasteiger partial charge on any atom is 0.246 e. The first-order chi connectivity index (χ1) is 20.2. The number of benzene rings is 2. The Morgan fingerprint density at radius 1 is 1.07 bits per heavy atom. The lowest BCUT2D eigenvalue weighted by Crippen LogP contribution is -2.57. The Bertz CT molecular complexity index is 1480. The van der Waals surface area contributed by atoms with E-state index in [1.54, 1.807) is 35.2 Å². The fourth-order valence-corrected chi connectivity index (χ4v) is 7.70. The monoisotopic (exact) mass is 591 g/mol. The lowest BCUT2D eigenvalue weighted by molar-refractivity contribution is -0.142. The number of anilines is 1. The van der Waals surface area contributed by atoms with Crippen LogP contribution in [0.2, 0.25) is 5.02 Å². The molecule has 4 heterocycles. The van der Waals surface area contributed by atoms with Crippen LogP contribution < -0.4 is 20.1 Å². The van der Waals surface area contributed by atoms with E-state index < -0.39 is 29.6 Å². The number of ether oxygens (including phenoxy) is 3. The zero-order valence-electron chi connectivity index (χ0n) is 23.5. The van der Waals surface area contributed by atoms with E-state index in [4.69, 9.17) is 25.8 Å². The summed E-state index contributed by atoms with van der Waals surface area (Å²) in [7, 11) is 0. The van der Waals surface area contributed by atoms with Gasteiger partial charge in [-0.1, -0.05) is 62.6 Å². The average Bonchev–Trinajstić information content (AvgIpc) is 3.72. The Kier molecular flexibility index (Phi) is 6.70. The van der Waals surface area contributed by atoms with Gasteiger partial charge in [-0.05, 0) is 54.2 Å². The molecule has 2 aromatic carbocycles. The second-order valence-electron chi connectivity index (χ2n) is 12.2. The molecule has 2 saturated heterocycles. The lowest BCUT2D eigenvalue weighted by Gasteiger charge is -2.38. The van der Waals surface area contributed by atoms with E-state index in [1.807, 2.05) is 24.3 Å². The van der Waals surface area contributed by atoms with Gasteiger partial charge in [0.1, 0.15) is 11.6 Å². The first-order valence-corrected chi connectivity index (χ1v) is 15.1. The van der Waals surface area contributed by atoms with Crippen molar-refractivity contribution in [1.82, 2.24) is 10.2 Å². The molecule has 4 aliphatic heterocycles. The minimum Gasteiger partial charge on any atom is -0.454 e. The summed E-state index contributed by atoms with van der Waals surface area (Å²) in [4.78, 5) is 43.9. The van der Waals surface area contributed by atoms with Gasteiger partial charge in [0.2, 0.25) is 24.5 Å². The van der Waals surface area contributed by atoms with E-state index in [1.165, 1.54) is 0 Å². The molecule has 5 aliphatic rings. The van der Waals surface area contributed by atoms with Crippen molar-refractivity contribution in [3.8, 4) is 11.5 Å². The van der Waals surface area contributed by atoms with Crippen LogP contribution in [0.25, 0.3) is 0 Å². The quantitative estimate of drug-likeness (QED) is 0.485. The standard InChI is InChI=1S/C32H34ClN3O6/c1-17-5-3-8-22(18(17)2)35-30(38)28-32-12-11-24(42-32)26(29(37)34-21-7-4-6-20(33)14-21)27(32)31(39)36(28)15-19-9-10-23-25(13-19)41-16-40-23/h4,6-7,9-14,17-18,22,24,26-28H,3,5,8,15-16H2,1-2H3,(H,34,37)(H,35,38)/t17-,18+,22+,24+,26+,27+,28+,32+/m1/s1.